The largest absolute Gasteiger partial charge is 0.497 e. The van der Waals surface area contributed by atoms with Crippen molar-refractivity contribution in [2.45, 2.75) is 11.9 Å². The summed E-state index contributed by atoms with van der Waals surface area (Å²) in [6, 6.07) is 28.0. The van der Waals surface area contributed by atoms with Gasteiger partial charge in [0.05, 0.1) is 51.5 Å². The fourth-order valence-electron chi connectivity index (χ4n) is 5.60. The highest BCUT2D eigenvalue weighted by atomic mass is 32.3. The van der Waals surface area contributed by atoms with Crippen LogP contribution in [0.15, 0.2) is 102 Å². The molecule has 0 aliphatic rings. The maximum atomic E-state index is 13.5. The van der Waals surface area contributed by atoms with Crippen LogP contribution in [0.3, 0.4) is 0 Å². The zero-order valence-electron chi connectivity index (χ0n) is 33.0. The molecular weight excluding hydrogens is 747 g/mol. The van der Waals surface area contributed by atoms with E-state index in [0.717, 1.165) is 27.0 Å². The summed E-state index contributed by atoms with van der Waals surface area (Å²) in [6.07, 6.45) is 8.12. The number of fused-ring (bicyclic) bond motifs is 1. The first-order chi connectivity index (χ1) is 27.6. The Morgan fingerprint density at radius 3 is 2.23 bits per heavy atom. The minimum Gasteiger partial charge on any atom is -0.497 e. The number of methoxy groups -OCH3 is 2. The molecule has 0 atom stereocenters. The van der Waals surface area contributed by atoms with Crippen LogP contribution in [0.2, 0.25) is 0 Å². The molecule has 300 valence electrons. The second-order valence-electron chi connectivity index (χ2n) is 13.6. The van der Waals surface area contributed by atoms with Crippen molar-refractivity contribution in [3.63, 3.8) is 0 Å². The number of hydrogen-bond donors (Lipinski definition) is 3. The van der Waals surface area contributed by atoms with Gasteiger partial charge in [-0.1, -0.05) is 42.0 Å². The van der Waals surface area contributed by atoms with Crippen LogP contribution in [-0.2, 0) is 14.2 Å². The molecule has 0 saturated heterocycles. The summed E-state index contributed by atoms with van der Waals surface area (Å²) in [5.41, 5.74) is 3.26. The minimum absolute atomic E-state index is 0.309. The molecule has 6 aromatic rings. The number of carbonyl (C=O) groups is 1. The number of benzene rings is 4. The summed E-state index contributed by atoms with van der Waals surface area (Å²) in [6.45, 7) is 4.80. The van der Waals surface area contributed by atoms with Crippen LogP contribution in [0.1, 0.15) is 5.56 Å². The van der Waals surface area contributed by atoms with Gasteiger partial charge in [-0.3, -0.25) is 5.32 Å². The molecule has 0 saturated carbocycles. The molecule has 14 nitrogen and oxygen atoms in total. The molecule has 2 aromatic heterocycles. The van der Waals surface area contributed by atoms with Crippen LogP contribution >= 0.6 is 10.0 Å². The Labute approximate surface area is 334 Å². The number of aromatic nitrogens is 4. The van der Waals surface area contributed by atoms with Crippen molar-refractivity contribution in [3.05, 3.63) is 103 Å². The summed E-state index contributed by atoms with van der Waals surface area (Å²) < 4.78 is 35.4. The van der Waals surface area contributed by atoms with Gasteiger partial charge in [0, 0.05) is 60.1 Å². The lowest BCUT2D eigenvalue weighted by molar-refractivity contribution is 0.0179. The van der Waals surface area contributed by atoms with Gasteiger partial charge in [-0.2, -0.15) is 10.1 Å². The number of ether oxygens (including phenoxy) is 6. The van der Waals surface area contributed by atoms with E-state index in [1.807, 2.05) is 73.7 Å². The van der Waals surface area contributed by atoms with Gasteiger partial charge in [0.2, 0.25) is 11.8 Å². The van der Waals surface area contributed by atoms with Gasteiger partial charge in [0.15, 0.2) is 0 Å². The monoisotopic (exact) mass is 795 g/mol. The maximum Gasteiger partial charge on any atom is 0.324 e. The Balaban J connectivity index is 1.12. The SMILES string of the molecule is COCCOCCOCCOc1cc(Nc2nccc(Oc3ccc(NC(=O)Nc4cc(S(C)(C)C)nn4-c4ccc(C)cc4)c4ccccc34)n2)cc(OC)c1. The lowest BCUT2D eigenvalue weighted by atomic mass is 10.1. The first kappa shape index (κ1) is 40.8. The van der Waals surface area contributed by atoms with E-state index in [2.05, 4.69) is 44.7 Å². The van der Waals surface area contributed by atoms with Gasteiger partial charge >= 0.3 is 6.03 Å². The maximum absolute atomic E-state index is 13.5. The number of nitrogens with one attached hydrogen (secondary N) is 3. The van der Waals surface area contributed by atoms with Crippen molar-refractivity contribution in [1.82, 2.24) is 19.7 Å². The molecule has 57 heavy (non-hydrogen) atoms. The highest BCUT2D eigenvalue weighted by Gasteiger charge is 2.19. The summed E-state index contributed by atoms with van der Waals surface area (Å²) >= 11 is 0. The number of nitrogens with zero attached hydrogens (tertiary/aromatic N) is 4. The molecule has 0 bridgehead atoms. The average Bonchev–Trinajstić information content (AvgIpc) is 3.63. The second-order valence-corrected chi connectivity index (χ2v) is 17.7. The molecule has 2 heterocycles. The topological polar surface area (TPSA) is 152 Å². The second kappa shape index (κ2) is 19.3. The molecule has 15 heteroatoms. The molecule has 2 amide bonds. The first-order valence-electron chi connectivity index (χ1n) is 18.3. The van der Waals surface area contributed by atoms with Crippen LogP contribution in [-0.4, -0.2) is 98.4 Å². The predicted molar refractivity (Wildman–Crippen MR) is 226 cm³/mol. The van der Waals surface area contributed by atoms with Gasteiger partial charge < -0.3 is 39.1 Å². The van der Waals surface area contributed by atoms with E-state index in [9.17, 15) is 4.79 Å². The molecule has 6 rings (SSSR count). The van der Waals surface area contributed by atoms with E-state index in [-0.39, 0.29) is 0 Å². The quantitative estimate of drug-likeness (QED) is 0.0678. The minimum atomic E-state index is -1.16. The number of rotatable bonds is 19. The zero-order chi connectivity index (χ0) is 40.2. The van der Waals surface area contributed by atoms with Crippen molar-refractivity contribution in [3.8, 4) is 28.8 Å². The third-order valence-corrected chi connectivity index (χ3v) is 9.94. The van der Waals surface area contributed by atoms with Gasteiger partial charge in [-0.25, -0.2) is 24.5 Å². The Morgan fingerprint density at radius 1 is 0.772 bits per heavy atom. The average molecular weight is 796 g/mol. The predicted octanol–water partition coefficient (Wildman–Crippen LogP) is 8.42. The third kappa shape index (κ3) is 11.4. The molecule has 0 aliphatic carbocycles. The summed E-state index contributed by atoms with van der Waals surface area (Å²) in [7, 11) is 2.07. The molecule has 0 spiro atoms. The molecule has 4 aromatic carbocycles. The number of hydrogen-bond acceptors (Lipinski definition) is 11. The van der Waals surface area contributed by atoms with Crippen LogP contribution in [0, 0.1) is 6.92 Å². The Hall–Kier alpha value is -5.87. The van der Waals surface area contributed by atoms with Gasteiger partial charge in [0.25, 0.3) is 0 Å². The number of carbonyl (C=O) groups excluding carboxylic acids is 1. The van der Waals surface area contributed by atoms with E-state index < -0.39 is 16.1 Å². The van der Waals surface area contributed by atoms with Gasteiger partial charge in [-0.05, 0) is 50.0 Å². The van der Waals surface area contributed by atoms with Crippen LogP contribution < -0.4 is 30.2 Å². The zero-order valence-corrected chi connectivity index (χ0v) is 33.9. The van der Waals surface area contributed by atoms with Crippen molar-refractivity contribution in [2.75, 3.05) is 88.6 Å². The number of aryl methyl sites for hydroxylation is 1. The highest BCUT2D eigenvalue weighted by molar-refractivity contribution is 8.32. The molecular formula is C42H49N7O7S. The van der Waals surface area contributed by atoms with E-state index in [4.69, 9.17) is 33.5 Å². The summed E-state index contributed by atoms with van der Waals surface area (Å²) in [4.78, 5) is 22.5. The van der Waals surface area contributed by atoms with Crippen molar-refractivity contribution in [1.29, 1.82) is 0 Å². The number of urea groups is 1. The van der Waals surface area contributed by atoms with Crippen molar-refractivity contribution in [2.24, 2.45) is 0 Å². The highest BCUT2D eigenvalue weighted by Crippen LogP contribution is 2.45. The van der Waals surface area contributed by atoms with E-state index in [1.165, 1.54) is 0 Å². The molecule has 0 fully saturated rings. The lowest BCUT2D eigenvalue weighted by Crippen LogP contribution is -2.21. The van der Waals surface area contributed by atoms with E-state index in [0.29, 0.717) is 85.9 Å². The lowest BCUT2D eigenvalue weighted by Gasteiger charge is -2.21. The normalized spacial score (nSPS) is 11.6. The van der Waals surface area contributed by atoms with Gasteiger partial charge in [0.1, 0.15) is 34.7 Å². The Morgan fingerprint density at radius 2 is 1.49 bits per heavy atom. The smallest absolute Gasteiger partial charge is 0.324 e. The standard InChI is InChI=1S/C42H49N7O7S/c1-29-11-13-31(14-12-29)49-38(28-40(48-49)57(4,5)6)46-42(50)45-36-15-16-37(35-10-8-7-9-34(35)36)56-39-17-18-43-41(47-39)44-30-25-32(52-3)27-33(26-30)55-24-23-54-22-21-53-20-19-51-2/h7-18,25-28H,19-24H2,1-6H3,(H,43,44,47)(H2,45,46,50). The van der Waals surface area contributed by atoms with Crippen LogP contribution in [0.25, 0.3) is 16.5 Å². The van der Waals surface area contributed by atoms with Crippen LogP contribution in [0.4, 0.5) is 27.9 Å². The Kier molecular flexibility index (Phi) is 13.8. The molecule has 0 aliphatic heterocycles. The summed E-state index contributed by atoms with van der Waals surface area (Å²) in [5, 5.41) is 16.6. The van der Waals surface area contributed by atoms with E-state index >= 15 is 0 Å². The molecule has 0 radical (unpaired) electrons. The molecule has 3 N–H and O–H groups in total. The third-order valence-electron chi connectivity index (χ3n) is 8.48. The van der Waals surface area contributed by atoms with Crippen LogP contribution in [0.5, 0.6) is 23.1 Å². The molecule has 0 unspecified atom stereocenters. The summed E-state index contributed by atoms with van der Waals surface area (Å²) in [5.74, 6) is 2.94. The van der Waals surface area contributed by atoms with E-state index in [1.54, 1.807) is 49.4 Å². The van der Waals surface area contributed by atoms with Gasteiger partial charge in [-0.15, -0.1) is 0 Å². The Bertz CT molecular complexity index is 2260. The fraction of sp³-hybridized carbons (Fsp3) is 0.286. The fourth-order valence-corrected chi connectivity index (χ4v) is 6.39. The number of amides is 2. The van der Waals surface area contributed by atoms with Crippen molar-refractivity contribution < 1.29 is 33.2 Å². The first-order valence-corrected chi connectivity index (χ1v) is 21.1. The number of anilines is 4. The van der Waals surface area contributed by atoms with Crippen molar-refractivity contribution >= 4 is 50.0 Å².